The van der Waals surface area contributed by atoms with Crippen LogP contribution in [0.1, 0.15) is 37.8 Å². The minimum Gasteiger partial charge on any atom is -0.497 e. The van der Waals surface area contributed by atoms with Crippen LogP contribution in [0.2, 0.25) is 0 Å². The predicted octanol–water partition coefficient (Wildman–Crippen LogP) is 1.78. The molecule has 26 heavy (non-hydrogen) atoms. The molecule has 2 atom stereocenters. The zero-order valence-electron chi connectivity index (χ0n) is 15.9. The van der Waals surface area contributed by atoms with Crippen molar-refractivity contribution in [3.05, 3.63) is 29.8 Å². The van der Waals surface area contributed by atoms with Gasteiger partial charge in [0.25, 0.3) is 10.2 Å². The van der Waals surface area contributed by atoms with Gasteiger partial charge in [-0.15, -0.1) is 0 Å². The molecule has 1 fully saturated rings. The van der Waals surface area contributed by atoms with Gasteiger partial charge in [0.05, 0.1) is 19.1 Å². The van der Waals surface area contributed by atoms with E-state index in [1.165, 1.54) is 22.7 Å². The fraction of sp³-hybridized carbons (Fsp3) is 0.611. The molecular formula is C18H29N3O4S. The zero-order chi connectivity index (χ0) is 19.3. The quantitative estimate of drug-likeness (QED) is 0.778. The fourth-order valence-corrected chi connectivity index (χ4v) is 4.33. The Morgan fingerprint density at radius 2 is 2.00 bits per heavy atom. The van der Waals surface area contributed by atoms with E-state index in [0.29, 0.717) is 19.4 Å². The molecule has 1 saturated heterocycles. The molecule has 7 nitrogen and oxygen atoms in total. The number of nitrogens with zero attached hydrogens (tertiary/aromatic N) is 2. The largest absolute Gasteiger partial charge is 0.497 e. The van der Waals surface area contributed by atoms with Crippen molar-refractivity contribution >= 4 is 16.1 Å². The van der Waals surface area contributed by atoms with Gasteiger partial charge in [-0.25, -0.2) is 0 Å². The molecule has 1 aromatic carbocycles. The summed E-state index contributed by atoms with van der Waals surface area (Å²) >= 11 is 0. The highest BCUT2D eigenvalue weighted by Crippen LogP contribution is 2.24. The Balaban J connectivity index is 2.04. The first-order chi connectivity index (χ1) is 12.3. The Morgan fingerprint density at radius 1 is 1.35 bits per heavy atom. The van der Waals surface area contributed by atoms with Gasteiger partial charge in [0.15, 0.2) is 0 Å². The van der Waals surface area contributed by atoms with E-state index >= 15 is 0 Å². The first-order valence-electron chi connectivity index (χ1n) is 8.91. The van der Waals surface area contributed by atoms with E-state index in [0.717, 1.165) is 17.7 Å². The molecule has 146 valence electrons. The van der Waals surface area contributed by atoms with Crippen LogP contribution < -0.4 is 10.1 Å². The molecule has 0 spiro atoms. The first-order valence-corrected chi connectivity index (χ1v) is 10.3. The van der Waals surface area contributed by atoms with Crippen molar-refractivity contribution in [2.24, 2.45) is 5.92 Å². The lowest BCUT2D eigenvalue weighted by molar-refractivity contribution is -0.126. The highest BCUT2D eigenvalue weighted by atomic mass is 32.2. The van der Waals surface area contributed by atoms with Crippen LogP contribution in [-0.4, -0.2) is 57.2 Å². The van der Waals surface area contributed by atoms with Gasteiger partial charge in [0, 0.05) is 27.2 Å². The normalized spacial score (nSPS) is 20.0. The van der Waals surface area contributed by atoms with Crippen LogP contribution in [0.4, 0.5) is 0 Å². The number of ether oxygens (including phenoxy) is 1. The third-order valence-electron chi connectivity index (χ3n) is 4.79. The molecule has 1 aliphatic heterocycles. The SMILES string of the molecule is CC[C@@H](NC(=O)[C@@H]1CCCN(S(=O)(=O)N(C)C)C1)c1ccc(OC)cc1. The molecule has 0 aliphatic carbocycles. The van der Waals surface area contributed by atoms with Gasteiger partial charge in [-0.1, -0.05) is 19.1 Å². The van der Waals surface area contributed by atoms with Crippen molar-refractivity contribution in [3.63, 3.8) is 0 Å². The maximum Gasteiger partial charge on any atom is 0.281 e. The molecule has 8 heteroatoms. The molecule has 0 unspecified atom stereocenters. The number of methoxy groups -OCH3 is 1. The Hall–Kier alpha value is -1.64. The zero-order valence-corrected chi connectivity index (χ0v) is 16.8. The number of carbonyl (C=O) groups excluding carboxylic acids is 1. The summed E-state index contributed by atoms with van der Waals surface area (Å²) in [5.74, 6) is 0.351. The van der Waals surface area contributed by atoms with Crippen LogP contribution in [-0.2, 0) is 15.0 Å². The van der Waals surface area contributed by atoms with E-state index in [1.807, 2.05) is 31.2 Å². The summed E-state index contributed by atoms with van der Waals surface area (Å²) in [6.45, 7) is 2.70. The molecular weight excluding hydrogens is 354 g/mol. The molecule has 0 saturated carbocycles. The number of hydrogen-bond acceptors (Lipinski definition) is 4. The minimum atomic E-state index is -3.49. The van der Waals surface area contributed by atoms with Gasteiger partial charge in [-0.2, -0.15) is 17.0 Å². The van der Waals surface area contributed by atoms with Crippen molar-refractivity contribution in [3.8, 4) is 5.75 Å². The number of hydrogen-bond donors (Lipinski definition) is 1. The van der Waals surface area contributed by atoms with Crippen molar-refractivity contribution in [2.45, 2.75) is 32.2 Å². The predicted molar refractivity (Wildman–Crippen MR) is 101 cm³/mol. The molecule has 1 N–H and O–H groups in total. The van der Waals surface area contributed by atoms with E-state index in [-0.39, 0.29) is 24.4 Å². The highest BCUT2D eigenvalue weighted by molar-refractivity contribution is 7.86. The lowest BCUT2D eigenvalue weighted by Gasteiger charge is -2.33. The molecule has 1 heterocycles. The lowest BCUT2D eigenvalue weighted by Crippen LogP contribution is -2.49. The number of nitrogens with one attached hydrogen (secondary N) is 1. The molecule has 2 rings (SSSR count). The summed E-state index contributed by atoms with van der Waals surface area (Å²) in [5, 5.41) is 3.08. The number of piperidine rings is 1. The molecule has 0 aromatic heterocycles. The lowest BCUT2D eigenvalue weighted by atomic mass is 9.97. The summed E-state index contributed by atoms with van der Waals surface area (Å²) in [6.07, 6.45) is 2.14. The Labute approximate surface area is 156 Å². The van der Waals surface area contributed by atoms with E-state index in [1.54, 1.807) is 7.11 Å². The highest BCUT2D eigenvalue weighted by Gasteiger charge is 2.34. The van der Waals surface area contributed by atoms with Gasteiger partial charge in [0.1, 0.15) is 5.75 Å². The smallest absolute Gasteiger partial charge is 0.281 e. The second kappa shape index (κ2) is 8.83. The summed E-state index contributed by atoms with van der Waals surface area (Å²) in [5.41, 5.74) is 1.01. The number of benzene rings is 1. The number of amides is 1. The number of carbonyl (C=O) groups is 1. The second-order valence-corrected chi connectivity index (χ2v) is 8.87. The summed E-state index contributed by atoms with van der Waals surface area (Å²) in [6, 6.07) is 7.52. The first kappa shape index (κ1) is 20.7. The monoisotopic (exact) mass is 383 g/mol. The maximum absolute atomic E-state index is 12.7. The molecule has 1 amide bonds. The van der Waals surface area contributed by atoms with Gasteiger partial charge in [0.2, 0.25) is 5.91 Å². The van der Waals surface area contributed by atoms with Crippen LogP contribution >= 0.6 is 0 Å². The van der Waals surface area contributed by atoms with E-state index < -0.39 is 10.2 Å². The standard InChI is InChI=1S/C18H29N3O4S/c1-5-17(14-8-10-16(25-4)11-9-14)19-18(22)15-7-6-12-21(13-15)26(23,24)20(2)3/h8-11,15,17H,5-7,12-13H2,1-4H3,(H,19,22)/t15-,17-/m1/s1. The molecule has 1 aliphatic rings. The molecule has 0 radical (unpaired) electrons. The topological polar surface area (TPSA) is 79.0 Å². The Bertz CT molecular complexity index is 704. The Morgan fingerprint density at radius 3 is 2.54 bits per heavy atom. The van der Waals surface area contributed by atoms with Crippen LogP contribution in [0.3, 0.4) is 0 Å². The summed E-state index contributed by atoms with van der Waals surface area (Å²) < 4.78 is 32.4. The fourth-order valence-electron chi connectivity index (χ4n) is 3.14. The van der Waals surface area contributed by atoms with Crippen molar-refractivity contribution < 1.29 is 17.9 Å². The summed E-state index contributed by atoms with van der Waals surface area (Å²) in [4.78, 5) is 12.7. The molecule has 0 bridgehead atoms. The summed E-state index contributed by atoms with van der Waals surface area (Å²) in [7, 11) is 1.15. The van der Waals surface area contributed by atoms with Gasteiger partial charge in [-0.3, -0.25) is 4.79 Å². The van der Waals surface area contributed by atoms with E-state index in [4.69, 9.17) is 4.74 Å². The van der Waals surface area contributed by atoms with Gasteiger partial charge < -0.3 is 10.1 Å². The van der Waals surface area contributed by atoms with Crippen LogP contribution in [0.15, 0.2) is 24.3 Å². The van der Waals surface area contributed by atoms with E-state index in [2.05, 4.69) is 5.32 Å². The van der Waals surface area contributed by atoms with Crippen molar-refractivity contribution in [1.82, 2.24) is 13.9 Å². The third-order valence-corrected chi connectivity index (χ3v) is 6.69. The average Bonchev–Trinajstić information content (AvgIpc) is 2.66. The average molecular weight is 384 g/mol. The maximum atomic E-state index is 12.7. The van der Waals surface area contributed by atoms with Crippen LogP contribution in [0.25, 0.3) is 0 Å². The molecule has 1 aromatic rings. The number of rotatable bonds is 7. The van der Waals surface area contributed by atoms with Gasteiger partial charge >= 0.3 is 0 Å². The van der Waals surface area contributed by atoms with Crippen molar-refractivity contribution in [2.75, 3.05) is 34.3 Å². The van der Waals surface area contributed by atoms with Crippen LogP contribution in [0, 0.1) is 5.92 Å². The Kier molecular flexibility index (Phi) is 7.02. The van der Waals surface area contributed by atoms with Crippen LogP contribution in [0.5, 0.6) is 5.75 Å². The second-order valence-electron chi connectivity index (χ2n) is 6.73. The minimum absolute atomic E-state index is 0.0914. The van der Waals surface area contributed by atoms with Gasteiger partial charge in [-0.05, 0) is 37.0 Å². The van der Waals surface area contributed by atoms with E-state index in [9.17, 15) is 13.2 Å². The van der Waals surface area contributed by atoms with Crippen molar-refractivity contribution in [1.29, 1.82) is 0 Å². The third kappa shape index (κ3) is 4.75.